The van der Waals surface area contributed by atoms with Gasteiger partial charge in [-0.3, -0.25) is 0 Å². The number of nitrogens with one attached hydrogen (secondary N) is 2. The molecule has 140 valence electrons. The van der Waals surface area contributed by atoms with Crippen LogP contribution in [0.5, 0.6) is 0 Å². The molecular weight excluding hydrogens is 324 g/mol. The zero-order chi connectivity index (χ0) is 18.2. The molecule has 0 unspecified atom stereocenters. The second-order valence-electron chi connectivity index (χ2n) is 7.47. The Kier molecular flexibility index (Phi) is 8.21. The van der Waals surface area contributed by atoms with Crippen molar-refractivity contribution >= 4 is 23.0 Å². The lowest BCUT2D eigenvalue weighted by Crippen LogP contribution is -2.40. The van der Waals surface area contributed by atoms with E-state index in [1.54, 1.807) is 0 Å². The highest BCUT2D eigenvalue weighted by atomic mass is 32.1. The van der Waals surface area contributed by atoms with Crippen molar-refractivity contribution in [3.8, 4) is 0 Å². The quantitative estimate of drug-likeness (QED) is 0.581. The predicted molar refractivity (Wildman–Crippen MR) is 115 cm³/mol. The molecule has 0 saturated heterocycles. The lowest BCUT2D eigenvalue weighted by Gasteiger charge is -2.29. The number of thiocarbonyl (C=S) groups is 1. The van der Waals surface area contributed by atoms with Gasteiger partial charge in [-0.25, -0.2) is 0 Å². The monoisotopic (exact) mass is 360 g/mol. The fourth-order valence-corrected chi connectivity index (χ4v) is 4.31. The van der Waals surface area contributed by atoms with Crippen LogP contribution in [-0.2, 0) is 19.3 Å². The standard InChI is InChI=1S/C22H36N2S/c1-5-9-17-14-18(7-3)21(19(8-4)15-17)24-22(25)23-20-12-10-16(6-2)11-13-20/h14-16,20H,5-13H2,1-4H3,(H2,23,24,25). The van der Waals surface area contributed by atoms with Crippen LogP contribution in [0, 0.1) is 5.92 Å². The van der Waals surface area contributed by atoms with Gasteiger partial charge in [0, 0.05) is 11.7 Å². The molecule has 0 bridgehead atoms. The summed E-state index contributed by atoms with van der Waals surface area (Å²) in [6.07, 6.45) is 10.9. The van der Waals surface area contributed by atoms with Gasteiger partial charge in [-0.1, -0.05) is 52.7 Å². The van der Waals surface area contributed by atoms with Crippen molar-refractivity contribution in [2.24, 2.45) is 5.92 Å². The Hall–Kier alpha value is -1.09. The van der Waals surface area contributed by atoms with E-state index in [1.807, 2.05) is 0 Å². The number of aryl methyl sites for hydroxylation is 3. The van der Waals surface area contributed by atoms with Crippen molar-refractivity contribution in [3.05, 3.63) is 28.8 Å². The molecule has 0 spiro atoms. The molecule has 2 N–H and O–H groups in total. The molecule has 2 nitrogen and oxygen atoms in total. The Morgan fingerprint density at radius 3 is 2.08 bits per heavy atom. The molecule has 1 aromatic carbocycles. The molecular formula is C22H36N2S. The van der Waals surface area contributed by atoms with Gasteiger partial charge in [-0.15, -0.1) is 0 Å². The van der Waals surface area contributed by atoms with Crippen LogP contribution in [0.4, 0.5) is 5.69 Å². The van der Waals surface area contributed by atoms with E-state index in [9.17, 15) is 0 Å². The lowest BCUT2D eigenvalue weighted by molar-refractivity contribution is 0.306. The highest BCUT2D eigenvalue weighted by molar-refractivity contribution is 7.80. The Morgan fingerprint density at radius 2 is 1.60 bits per heavy atom. The van der Waals surface area contributed by atoms with Crippen molar-refractivity contribution in [2.45, 2.75) is 91.5 Å². The van der Waals surface area contributed by atoms with Crippen LogP contribution < -0.4 is 10.6 Å². The van der Waals surface area contributed by atoms with Crippen LogP contribution in [-0.4, -0.2) is 11.2 Å². The maximum Gasteiger partial charge on any atom is 0.171 e. The number of anilines is 1. The number of hydrogen-bond donors (Lipinski definition) is 2. The highest BCUT2D eigenvalue weighted by Crippen LogP contribution is 2.28. The summed E-state index contributed by atoms with van der Waals surface area (Å²) < 4.78 is 0. The van der Waals surface area contributed by atoms with Gasteiger partial charge in [0.05, 0.1) is 0 Å². The van der Waals surface area contributed by atoms with Crippen LogP contribution >= 0.6 is 12.2 Å². The van der Waals surface area contributed by atoms with Gasteiger partial charge in [0.2, 0.25) is 0 Å². The number of hydrogen-bond acceptors (Lipinski definition) is 1. The Balaban J connectivity index is 2.04. The highest BCUT2D eigenvalue weighted by Gasteiger charge is 2.20. The molecule has 1 aliphatic carbocycles. The zero-order valence-electron chi connectivity index (χ0n) is 16.6. The third-order valence-electron chi connectivity index (χ3n) is 5.66. The normalized spacial score (nSPS) is 20.3. The van der Waals surface area contributed by atoms with Crippen LogP contribution in [0.25, 0.3) is 0 Å². The topological polar surface area (TPSA) is 24.1 Å². The number of rotatable bonds is 7. The maximum atomic E-state index is 5.65. The molecule has 2 rings (SSSR count). The molecule has 0 aliphatic heterocycles. The summed E-state index contributed by atoms with van der Waals surface area (Å²) in [6, 6.07) is 5.26. The van der Waals surface area contributed by atoms with E-state index in [0.29, 0.717) is 6.04 Å². The van der Waals surface area contributed by atoms with E-state index in [0.717, 1.165) is 30.3 Å². The van der Waals surface area contributed by atoms with Gasteiger partial charge < -0.3 is 10.6 Å². The second-order valence-corrected chi connectivity index (χ2v) is 7.88. The molecule has 1 fully saturated rings. The number of benzene rings is 1. The third kappa shape index (κ3) is 5.70. The third-order valence-corrected chi connectivity index (χ3v) is 5.88. The fraction of sp³-hybridized carbons (Fsp3) is 0.682. The molecule has 1 saturated carbocycles. The van der Waals surface area contributed by atoms with Gasteiger partial charge in [0.15, 0.2) is 5.11 Å². The maximum absolute atomic E-state index is 5.65. The summed E-state index contributed by atoms with van der Waals surface area (Å²) in [5, 5.41) is 7.92. The minimum Gasteiger partial charge on any atom is -0.360 e. The van der Waals surface area contributed by atoms with Crippen LogP contribution in [0.15, 0.2) is 12.1 Å². The Labute approximate surface area is 160 Å². The van der Waals surface area contributed by atoms with Gasteiger partial charge >= 0.3 is 0 Å². The van der Waals surface area contributed by atoms with Crippen LogP contribution in [0.1, 0.15) is 82.9 Å². The molecule has 0 heterocycles. The second kappa shape index (κ2) is 10.2. The van der Waals surface area contributed by atoms with Crippen molar-refractivity contribution < 1.29 is 0 Å². The summed E-state index contributed by atoms with van der Waals surface area (Å²) in [4.78, 5) is 0. The molecule has 25 heavy (non-hydrogen) atoms. The first-order valence-electron chi connectivity index (χ1n) is 10.3. The van der Waals surface area contributed by atoms with E-state index in [4.69, 9.17) is 12.2 Å². The molecule has 0 aromatic heterocycles. The van der Waals surface area contributed by atoms with Gasteiger partial charge in [0.25, 0.3) is 0 Å². The summed E-state index contributed by atoms with van der Waals surface area (Å²) in [5.74, 6) is 0.920. The average Bonchev–Trinajstić information content (AvgIpc) is 2.63. The molecule has 3 heteroatoms. The Bertz CT molecular complexity index is 534. The fourth-order valence-electron chi connectivity index (χ4n) is 4.04. The predicted octanol–water partition coefficient (Wildman–Crippen LogP) is 6.02. The van der Waals surface area contributed by atoms with Crippen LogP contribution in [0.2, 0.25) is 0 Å². The molecule has 0 atom stereocenters. The first-order chi connectivity index (χ1) is 12.1. The van der Waals surface area contributed by atoms with Crippen molar-refractivity contribution in [1.29, 1.82) is 0 Å². The summed E-state index contributed by atoms with van der Waals surface area (Å²) >= 11 is 5.65. The van der Waals surface area contributed by atoms with E-state index < -0.39 is 0 Å². The average molecular weight is 361 g/mol. The smallest absolute Gasteiger partial charge is 0.171 e. The largest absolute Gasteiger partial charge is 0.360 e. The van der Waals surface area contributed by atoms with E-state index in [2.05, 4.69) is 50.5 Å². The first-order valence-corrected chi connectivity index (χ1v) is 10.7. The summed E-state index contributed by atoms with van der Waals surface area (Å²) in [7, 11) is 0. The molecule has 1 aromatic rings. The molecule has 1 aliphatic rings. The van der Waals surface area contributed by atoms with E-state index in [-0.39, 0.29) is 0 Å². The molecule has 0 radical (unpaired) electrons. The summed E-state index contributed by atoms with van der Waals surface area (Å²) in [5.41, 5.74) is 5.48. The van der Waals surface area contributed by atoms with Gasteiger partial charge in [0.1, 0.15) is 0 Å². The van der Waals surface area contributed by atoms with Gasteiger partial charge in [-0.2, -0.15) is 0 Å². The summed E-state index contributed by atoms with van der Waals surface area (Å²) in [6.45, 7) is 9.03. The van der Waals surface area contributed by atoms with Crippen molar-refractivity contribution in [2.75, 3.05) is 5.32 Å². The first kappa shape index (κ1) is 20.2. The minimum absolute atomic E-state index is 0.539. The van der Waals surface area contributed by atoms with Crippen molar-refractivity contribution in [1.82, 2.24) is 5.32 Å². The van der Waals surface area contributed by atoms with Gasteiger partial charge in [-0.05, 0) is 79.8 Å². The Morgan fingerprint density at radius 1 is 1.00 bits per heavy atom. The molecule has 0 amide bonds. The zero-order valence-corrected chi connectivity index (χ0v) is 17.4. The van der Waals surface area contributed by atoms with Crippen LogP contribution in [0.3, 0.4) is 0 Å². The van der Waals surface area contributed by atoms with E-state index >= 15 is 0 Å². The lowest BCUT2D eigenvalue weighted by atomic mass is 9.85. The van der Waals surface area contributed by atoms with E-state index in [1.165, 1.54) is 60.9 Å². The SMILES string of the molecule is CCCc1cc(CC)c(NC(=S)NC2CCC(CC)CC2)c(CC)c1. The van der Waals surface area contributed by atoms with Crippen molar-refractivity contribution in [3.63, 3.8) is 0 Å². The minimum atomic E-state index is 0.539.